The molecule has 0 bridgehead atoms. The van der Waals surface area contributed by atoms with Crippen molar-refractivity contribution in [1.82, 2.24) is 15.5 Å². The minimum atomic E-state index is -0.604. The van der Waals surface area contributed by atoms with E-state index in [2.05, 4.69) is 10.6 Å². The minimum absolute atomic E-state index is 0.131. The molecule has 7 heteroatoms. The predicted molar refractivity (Wildman–Crippen MR) is 95.9 cm³/mol. The summed E-state index contributed by atoms with van der Waals surface area (Å²) in [5.41, 5.74) is 0.331. The largest absolute Gasteiger partial charge is 0.335 e. The zero-order valence-electron chi connectivity index (χ0n) is 14.6. The maximum atomic E-state index is 13.9. The highest BCUT2D eigenvalue weighted by atomic mass is 35.5. The summed E-state index contributed by atoms with van der Waals surface area (Å²) in [7, 11) is 1.69. The lowest BCUT2D eigenvalue weighted by atomic mass is 9.96. The molecule has 0 radical (unpaired) electrons. The van der Waals surface area contributed by atoms with E-state index in [0.717, 1.165) is 25.7 Å². The molecule has 1 saturated carbocycles. The highest BCUT2D eigenvalue weighted by Gasteiger charge is 2.23. The van der Waals surface area contributed by atoms with E-state index in [9.17, 15) is 14.0 Å². The van der Waals surface area contributed by atoms with Crippen LogP contribution in [0.15, 0.2) is 18.2 Å². The highest BCUT2D eigenvalue weighted by Crippen LogP contribution is 2.21. The molecule has 25 heavy (non-hydrogen) atoms. The number of carbonyl (C=O) groups is 2. The van der Waals surface area contributed by atoms with Crippen LogP contribution in [0.25, 0.3) is 0 Å². The summed E-state index contributed by atoms with van der Waals surface area (Å²) in [6.07, 6.45) is 5.29. The number of halogens is 2. The molecular formula is C18H25ClFN3O2. The summed E-state index contributed by atoms with van der Waals surface area (Å²) < 4.78 is 13.9. The lowest BCUT2D eigenvalue weighted by Gasteiger charge is -2.26. The number of amides is 3. The molecule has 138 valence electrons. The fourth-order valence-electron chi connectivity index (χ4n) is 2.95. The number of urea groups is 1. The Morgan fingerprint density at radius 3 is 2.64 bits per heavy atom. The van der Waals surface area contributed by atoms with Gasteiger partial charge in [-0.15, -0.1) is 0 Å². The standard InChI is InChI=1S/C18H25ClFN3O2/c1-12(23(2)11-14-15(19)9-6-10-16(14)20)17(24)22-18(25)21-13-7-4-3-5-8-13/h6,9-10,12-13H,3-5,7-8,11H2,1-2H3,(H2,21,22,24,25)/t12-/m0/s1. The van der Waals surface area contributed by atoms with E-state index in [-0.39, 0.29) is 12.6 Å². The smallest absolute Gasteiger partial charge is 0.321 e. The first-order valence-corrected chi connectivity index (χ1v) is 9.00. The summed E-state index contributed by atoms with van der Waals surface area (Å²) in [6, 6.07) is 3.53. The van der Waals surface area contributed by atoms with Crippen LogP contribution in [0.5, 0.6) is 0 Å². The number of hydrogen-bond donors (Lipinski definition) is 2. The Bertz CT molecular complexity index is 600. The van der Waals surface area contributed by atoms with Gasteiger partial charge in [-0.25, -0.2) is 9.18 Å². The van der Waals surface area contributed by atoms with Crippen molar-refractivity contribution >= 4 is 23.5 Å². The van der Waals surface area contributed by atoms with Gasteiger partial charge in [-0.1, -0.05) is 36.9 Å². The Labute approximate surface area is 152 Å². The van der Waals surface area contributed by atoms with E-state index < -0.39 is 23.8 Å². The van der Waals surface area contributed by atoms with E-state index >= 15 is 0 Å². The third kappa shape index (κ3) is 5.68. The van der Waals surface area contributed by atoms with Gasteiger partial charge in [-0.05, 0) is 38.9 Å². The van der Waals surface area contributed by atoms with Gasteiger partial charge in [-0.2, -0.15) is 0 Å². The molecule has 1 atom stereocenters. The van der Waals surface area contributed by atoms with Crippen LogP contribution in [0, 0.1) is 5.82 Å². The molecule has 5 nitrogen and oxygen atoms in total. The van der Waals surface area contributed by atoms with Gasteiger partial charge >= 0.3 is 6.03 Å². The summed E-state index contributed by atoms with van der Waals surface area (Å²) >= 11 is 6.02. The first kappa shape index (κ1) is 19.7. The lowest BCUT2D eigenvalue weighted by molar-refractivity contribution is -0.124. The molecule has 1 aliphatic carbocycles. The number of imide groups is 1. The zero-order chi connectivity index (χ0) is 18.4. The Balaban J connectivity index is 1.86. The van der Waals surface area contributed by atoms with Crippen LogP contribution in [0.4, 0.5) is 9.18 Å². The third-order valence-electron chi connectivity index (χ3n) is 4.69. The van der Waals surface area contributed by atoms with Crippen LogP contribution >= 0.6 is 11.6 Å². The molecule has 1 aromatic carbocycles. The van der Waals surface area contributed by atoms with Crippen molar-refractivity contribution in [3.05, 3.63) is 34.6 Å². The summed E-state index contributed by atoms with van der Waals surface area (Å²) in [5.74, 6) is -0.842. The molecule has 2 rings (SSSR count). The number of rotatable bonds is 5. The molecular weight excluding hydrogens is 345 g/mol. The molecule has 0 spiro atoms. The van der Waals surface area contributed by atoms with Crippen molar-refractivity contribution in [2.45, 2.75) is 57.7 Å². The Morgan fingerprint density at radius 1 is 1.32 bits per heavy atom. The van der Waals surface area contributed by atoms with Gasteiger partial charge in [0.1, 0.15) is 5.82 Å². The first-order valence-electron chi connectivity index (χ1n) is 8.63. The molecule has 0 unspecified atom stereocenters. The molecule has 0 aliphatic heterocycles. The minimum Gasteiger partial charge on any atom is -0.335 e. The summed E-state index contributed by atoms with van der Waals surface area (Å²) in [4.78, 5) is 25.9. The second-order valence-electron chi connectivity index (χ2n) is 6.59. The van der Waals surface area contributed by atoms with Crippen LogP contribution < -0.4 is 10.6 Å². The van der Waals surface area contributed by atoms with E-state index in [1.165, 1.54) is 18.6 Å². The number of nitrogens with one attached hydrogen (secondary N) is 2. The molecule has 1 fully saturated rings. The zero-order valence-corrected chi connectivity index (χ0v) is 15.4. The first-order chi connectivity index (χ1) is 11.9. The maximum Gasteiger partial charge on any atom is 0.321 e. The topological polar surface area (TPSA) is 61.4 Å². The molecule has 0 saturated heterocycles. The normalized spacial score (nSPS) is 16.5. The van der Waals surface area contributed by atoms with Gasteiger partial charge in [0.15, 0.2) is 0 Å². The van der Waals surface area contributed by atoms with Crippen LogP contribution in [-0.2, 0) is 11.3 Å². The van der Waals surface area contributed by atoms with Crippen molar-refractivity contribution in [2.75, 3.05) is 7.05 Å². The predicted octanol–water partition coefficient (Wildman–Crippen LogP) is 3.46. The number of likely N-dealkylation sites (N-methyl/N-ethyl adjacent to an activating group) is 1. The van der Waals surface area contributed by atoms with E-state index in [0.29, 0.717) is 10.6 Å². The molecule has 0 heterocycles. The summed E-state index contributed by atoms with van der Waals surface area (Å²) in [6.45, 7) is 1.84. The number of benzene rings is 1. The van der Waals surface area contributed by atoms with Gasteiger partial charge in [-0.3, -0.25) is 15.0 Å². The second kappa shape index (κ2) is 9.15. The third-order valence-corrected chi connectivity index (χ3v) is 5.04. The van der Waals surface area contributed by atoms with Crippen LogP contribution in [0.2, 0.25) is 5.02 Å². The fraction of sp³-hybridized carbons (Fsp3) is 0.556. The molecule has 0 aromatic heterocycles. The van der Waals surface area contributed by atoms with Crippen LogP contribution in [-0.4, -0.2) is 36.0 Å². The average molecular weight is 370 g/mol. The van der Waals surface area contributed by atoms with E-state index in [4.69, 9.17) is 11.6 Å². The molecule has 1 aliphatic rings. The van der Waals surface area contributed by atoms with Crippen molar-refractivity contribution < 1.29 is 14.0 Å². The number of hydrogen-bond acceptors (Lipinski definition) is 3. The Kier molecular flexibility index (Phi) is 7.20. The van der Waals surface area contributed by atoms with Crippen LogP contribution in [0.1, 0.15) is 44.6 Å². The average Bonchev–Trinajstić information content (AvgIpc) is 2.58. The van der Waals surface area contributed by atoms with Crippen molar-refractivity contribution in [3.63, 3.8) is 0 Å². The second-order valence-corrected chi connectivity index (χ2v) is 7.00. The number of nitrogens with zero attached hydrogens (tertiary/aromatic N) is 1. The van der Waals surface area contributed by atoms with Gasteiger partial charge in [0.25, 0.3) is 0 Å². The molecule has 3 amide bonds. The van der Waals surface area contributed by atoms with Crippen molar-refractivity contribution in [2.24, 2.45) is 0 Å². The quantitative estimate of drug-likeness (QED) is 0.835. The van der Waals surface area contributed by atoms with Gasteiger partial charge in [0.2, 0.25) is 5.91 Å². The van der Waals surface area contributed by atoms with Gasteiger partial charge < -0.3 is 5.32 Å². The van der Waals surface area contributed by atoms with Crippen LogP contribution in [0.3, 0.4) is 0 Å². The number of carbonyl (C=O) groups excluding carboxylic acids is 2. The van der Waals surface area contributed by atoms with Gasteiger partial charge in [0.05, 0.1) is 6.04 Å². The monoisotopic (exact) mass is 369 g/mol. The highest BCUT2D eigenvalue weighted by molar-refractivity contribution is 6.31. The Hall–Kier alpha value is -1.66. The van der Waals surface area contributed by atoms with Gasteiger partial charge in [0, 0.05) is 23.2 Å². The SMILES string of the molecule is C[C@@H](C(=O)NC(=O)NC1CCCCC1)N(C)Cc1c(F)cccc1Cl. The summed E-state index contributed by atoms with van der Waals surface area (Å²) in [5, 5.41) is 5.52. The van der Waals surface area contributed by atoms with Crippen molar-refractivity contribution in [3.8, 4) is 0 Å². The Morgan fingerprint density at radius 2 is 2.00 bits per heavy atom. The lowest BCUT2D eigenvalue weighted by Crippen LogP contribution is -2.50. The van der Waals surface area contributed by atoms with Crippen molar-refractivity contribution in [1.29, 1.82) is 0 Å². The van der Waals surface area contributed by atoms with E-state index in [1.54, 1.807) is 24.9 Å². The van der Waals surface area contributed by atoms with E-state index in [1.807, 2.05) is 0 Å². The molecule has 1 aromatic rings. The maximum absolute atomic E-state index is 13.9. The molecule has 2 N–H and O–H groups in total. The fourth-order valence-corrected chi connectivity index (χ4v) is 3.18.